The third-order valence-corrected chi connectivity index (χ3v) is 3.10. The predicted molar refractivity (Wildman–Crippen MR) is 72.9 cm³/mol. The van der Waals surface area contributed by atoms with Gasteiger partial charge in [0, 0.05) is 6.20 Å². The lowest BCUT2D eigenvalue weighted by molar-refractivity contribution is 0.0697. The van der Waals surface area contributed by atoms with Crippen LogP contribution in [0.3, 0.4) is 0 Å². The van der Waals surface area contributed by atoms with Gasteiger partial charge in [-0.3, -0.25) is 0 Å². The van der Waals surface area contributed by atoms with Crippen molar-refractivity contribution >= 4 is 5.97 Å². The van der Waals surface area contributed by atoms with Gasteiger partial charge in [-0.2, -0.15) is 5.10 Å². The van der Waals surface area contributed by atoms with Gasteiger partial charge in [0.15, 0.2) is 5.76 Å². The van der Waals surface area contributed by atoms with Crippen molar-refractivity contribution in [2.75, 3.05) is 0 Å². The van der Waals surface area contributed by atoms with Crippen molar-refractivity contribution in [2.45, 2.75) is 6.92 Å². The number of carboxylic acid groups (broad SMARTS) is 1. The molecule has 3 rings (SSSR count). The topological polar surface area (TPSA) is 68.3 Å². The van der Waals surface area contributed by atoms with Crippen LogP contribution in [0.25, 0.3) is 17.1 Å². The van der Waals surface area contributed by atoms with E-state index in [-0.39, 0.29) is 17.1 Å². The fraction of sp³-hybridized carbons (Fsp3) is 0.0667. The van der Waals surface area contributed by atoms with Crippen LogP contribution in [0, 0.1) is 12.7 Å². The summed E-state index contributed by atoms with van der Waals surface area (Å²) >= 11 is 0. The Morgan fingerprint density at radius 1 is 1.38 bits per heavy atom. The van der Waals surface area contributed by atoms with E-state index >= 15 is 0 Å². The summed E-state index contributed by atoms with van der Waals surface area (Å²) in [6.07, 6.45) is 2.84. The number of aryl methyl sites for hydroxylation is 1. The largest absolute Gasteiger partial charge is 0.478 e. The van der Waals surface area contributed by atoms with E-state index in [0.717, 1.165) is 0 Å². The number of carboxylic acids is 1. The molecule has 21 heavy (non-hydrogen) atoms. The number of halogens is 1. The smallest absolute Gasteiger partial charge is 0.339 e. The van der Waals surface area contributed by atoms with Crippen molar-refractivity contribution in [2.24, 2.45) is 0 Å². The average molecular weight is 286 g/mol. The van der Waals surface area contributed by atoms with E-state index in [2.05, 4.69) is 5.10 Å². The lowest BCUT2D eigenvalue weighted by Crippen LogP contribution is -1.98. The molecule has 0 radical (unpaired) electrons. The van der Waals surface area contributed by atoms with Crippen LogP contribution >= 0.6 is 0 Å². The Hall–Kier alpha value is -2.89. The number of rotatable bonds is 3. The molecule has 106 valence electrons. The molecule has 5 nitrogen and oxygen atoms in total. The molecule has 3 aromatic rings. The van der Waals surface area contributed by atoms with Gasteiger partial charge in [-0.1, -0.05) is 0 Å². The maximum absolute atomic E-state index is 13.2. The van der Waals surface area contributed by atoms with Gasteiger partial charge in [0.1, 0.15) is 17.1 Å². The molecular formula is C15H11FN2O3. The van der Waals surface area contributed by atoms with Crippen LogP contribution in [-0.4, -0.2) is 20.9 Å². The van der Waals surface area contributed by atoms with Gasteiger partial charge >= 0.3 is 5.97 Å². The Labute approximate surface area is 119 Å². The van der Waals surface area contributed by atoms with Gasteiger partial charge < -0.3 is 9.52 Å². The first-order valence-corrected chi connectivity index (χ1v) is 6.19. The molecule has 6 heteroatoms. The summed E-state index contributed by atoms with van der Waals surface area (Å²) in [7, 11) is 0. The van der Waals surface area contributed by atoms with Gasteiger partial charge in [-0.05, 0) is 42.8 Å². The normalized spacial score (nSPS) is 10.8. The fourth-order valence-corrected chi connectivity index (χ4v) is 2.13. The molecule has 0 bridgehead atoms. The summed E-state index contributed by atoms with van der Waals surface area (Å²) in [4.78, 5) is 11.3. The molecular weight excluding hydrogens is 275 g/mol. The zero-order chi connectivity index (χ0) is 15.0. The summed E-state index contributed by atoms with van der Waals surface area (Å²) in [5, 5.41) is 13.5. The molecule has 0 aliphatic heterocycles. The first-order valence-electron chi connectivity index (χ1n) is 6.19. The molecule has 0 saturated carbocycles. The number of aromatic nitrogens is 2. The predicted octanol–water partition coefficient (Wildman–Crippen LogP) is 3.28. The van der Waals surface area contributed by atoms with Crippen molar-refractivity contribution in [1.82, 2.24) is 9.78 Å². The highest BCUT2D eigenvalue weighted by molar-refractivity contribution is 5.94. The van der Waals surface area contributed by atoms with Crippen molar-refractivity contribution in [3.8, 4) is 17.1 Å². The van der Waals surface area contributed by atoms with E-state index in [1.807, 2.05) is 0 Å². The standard InChI is InChI=1S/C15H11FN2O3/c1-9-7-10(16)4-5-12(9)18-8-11(15(19)20)14(17-18)13-3-2-6-21-13/h2-8H,1H3,(H,19,20). The molecule has 0 fully saturated rings. The van der Waals surface area contributed by atoms with E-state index in [0.29, 0.717) is 17.0 Å². The zero-order valence-corrected chi connectivity index (χ0v) is 11.1. The highest BCUT2D eigenvalue weighted by atomic mass is 19.1. The van der Waals surface area contributed by atoms with E-state index < -0.39 is 5.97 Å². The number of hydrogen-bond donors (Lipinski definition) is 1. The molecule has 0 atom stereocenters. The number of carbonyl (C=O) groups is 1. The van der Waals surface area contributed by atoms with Crippen LogP contribution in [0.1, 0.15) is 15.9 Å². The molecule has 0 spiro atoms. The maximum Gasteiger partial charge on any atom is 0.339 e. The van der Waals surface area contributed by atoms with Crippen LogP contribution < -0.4 is 0 Å². The molecule has 0 aliphatic rings. The maximum atomic E-state index is 13.2. The second kappa shape index (κ2) is 4.90. The third-order valence-electron chi connectivity index (χ3n) is 3.10. The Balaban J connectivity index is 2.17. The summed E-state index contributed by atoms with van der Waals surface area (Å²) in [6.45, 7) is 1.73. The highest BCUT2D eigenvalue weighted by Crippen LogP contribution is 2.25. The Morgan fingerprint density at radius 2 is 2.19 bits per heavy atom. The van der Waals surface area contributed by atoms with Gasteiger partial charge in [0.2, 0.25) is 0 Å². The van der Waals surface area contributed by atoms with Crippen LogP contribution in [0.15, 0.2) is 47.2 Å². The number of furan rings is 1. The van der Waals surface area contributed by atoms with Gasteiger partial charge in [0.05, 0.1) is 12.0 Å². The molecule has 1 aromatic carbocycles. The number of nitrogens with zero attached hydrogens (tertiary/aromatic N) is 2. The van der Waals surface area contributed by atoms with Crippen molar-refractivity contribution < 1.29 is 18.7 Å². The lowest BCUT2D eigenvalue weighted by Gasteiger charge is -2.05. The number of aromatic carboxylic acids is 1. The fourth-order valence-electron chi connectivity index (χ4n) is 2.13. The zero-order valence-electron chi connectivity index (χ0n) is 11.1. The second-order valence-electron chi connectivity index (χ2n) is 4.55. The molecule has 0 saturated heterocycles. The Bertz CT molecular complexity index is 806. The molecule has 1 N–H and O–H groups in total. The molecule has 0 amide bonds. The van der Waals surface area contributed by atoms with E-state index in [1.165, 1.54) is 29.3 Å². The monoisotopic (exact) mass is 286 g/mol. The van der Waals surface area contributed by atoms with Gasteiger partial charge in [-0.25, -0.2) is 13.9 Å². The number of hydrogen-bond acceptors (Lipinski definition) is 3. The summed E-state index contributed by atoms with van der Waals surface area (Å²) < 4.78 is 19.8. The van der Waals surface area contributed by atoms with Gasteiger partial charge in [0.25, 0.3) is 0 Å². The first-order chi connectivity index (χ1) is 10.1. The third kappa shape index (κ3) is 2.31. The molecule has 2 aromatic heterocycles. The van der Waals surface area contributed by atoms with E-state index in [4.69, 9.17) is 4.42 Å². The quantitative estimate of drug-likeness (QED) is 0.802. The highest BCUT2D eigenvalue weighted by Gasteiger charge is 2.20. The van der Waals surface area contributed by atoms with Crippen LogP contribution in [0.4, 0.5) is 4.39 Å². The Morgan fingerprint density at radius 3 is 2.81 bits per heavy atom. The molecule has 0 aliphatic carbocycles. The van der Waals surface area contributed by atoms with Crippen molar-refractivity contribution in [3.63, 3.8) is 0 Å². The minimum absolute atomic E-state index is 0.0219. The minimum atomic E-state index is -1.10. The molecule has 0 unspecified atom stereocenters. The van der Waals surface area contributed by atoms with Crippen molar-refractivity contribution in [1.29, 1.82) is 0 Å². The second-order valence-corrected chi connectivity index (χ2v) is 4.55. The average Bonchev–Trinajstić information content (AvgIpc) is 3.07. The number of benzene rings is 1. The van der Waals surface area contributed by atoms with E-state index in [9.17, 15) is 14.3 Å². The van der Waals surface area contributed by atoms with Crippen LogP contribution in [-0.2, 0) is 0 Å². The SMILES string of the molecule is Cc1cc(F)ccc1-n1cc(C(=O)O)c(-c2ccco2)n1. The molecule has 2 heterocycles. The first kappa shape index (κ1) is 13.1. The lowest BCUT2D eigenvalue weighted by atomic mass is 10.2. The van der Waals surface area contributed by atoms with Crippen LogP contribution in [0.5, 0.6) is 0 Å². The van der Waals surface area contributed by atoms with Crippen LogP contribution in [0.2, 0.25) is 0 Å². The summed E-state index contributed by atoms with van der Waals surface area (Å²) in [5.74, 6) is -1.09. The van der Waals surface area contributed by atoms with E-state index in [1.54, 1.807) is 25.1 Å². The summed E-state index contributed by atoms with van der Waals surface area (Å²) in [5.41, 5.74) is 1.52. The van der Waals surface area contributed by atoms with Gasteiger partial charge in [-0.15, -0.1) is 0 Å². The Kier molecular flexibility index (Phi) is 3.06. The minimum Gasteiger partial charge on any atom is -0.478 e. The van der Waals surface area contributed by atoms with Crippen molar-refractivity contribution in [3.05, 3.63) is 59.7 Å². The summed E-state index contributed by atoms with van der Waals surface area (Å²) in [6, 6.07) is 7.51.